The molecule has 3 aromatic heterocycles. The normalized spacial score (nSPS) is 16.2. The second-order valence-corrected chi connectivity index (χ2v) is 7.74. The van der Waals surface area contributed by atoms with E-state index >= 15 is 0 Å². The van der Waals surface area contributed by atoms with Crippen molar-refractivity contribution in [3.05, 3.63) is 36.0 Å². The lowest BCUT2D eigenvalue weighted by Gasteiger charge is -2.33. The minimum absolute atomic E-state index is 0.451. The molecule has 0 atom stereocenters. The molecule has 1 aliphatic rings. The van der Waals surface area contributed by atoms with Crippen LogP contribution in [0.4, 0.5) is 5.82 Å². The molecule has 132 valence electrons. The third kappa shape index (κ3) is 3.39. The van der Waals surface area contributed by atoms with Gasteiger partial charge in [0.05, 0.1) is 16.8 Å². The Morgan fingerprint density at radius 3 is 2.88 bits per heavy atom. The van der Waals surface area contributed by atoms with Gasteiger partial charge in [-0.1, -0.05) is 0 Å². The Morgan fingerprint density at radius 1 is 1.24 bits per heavy atom. The third-order valence-corrected chi connectivity index (χ3v) is 5.77. The molecule has 0 aromatic carbocycles. The zero-order valence-corrected chi connectivity index (χ0v) is 15.5. The number of piperidine rings is 1. The highest BCUT2D eigenvalue weighted by atomic mass is 32.1. The zero-order valence-electron chi connectivity index (χ0n) is 14.7. The number of nitrogens with zero attached hydrogens (tertiary/aromatic N) is 5. The van der Waals surface area contributed by atoms with Gasteiger partial charge in [0.2, 0.25) is 0 Å². The fourth-order valence-corrected chi connectivity index (χ4v) is 4.34. The van der Waals surface area contributed by atoms with Crippen molar-refractivity contribution >= 4 is 27.4 Å². The first-order chi connectivity index (χ1) is 12.2. The predicted octanol–water partition coefficient (Wildman–Crippen LogP) is 3.23. The van der Waals surface area contributed by atoms with E-state index < -0.39 is 0 Å². The van der Waals surface area contributed by atoms with E-state index in [1.54, 1.807) is 17.7 Å². The van der Waals surface area contributed by atoms with Crippen molar-refractivity contribution < 1.29 is 0 Å². The first kappa shape index (κ1) is 16.5. The molecule has 0 unspecified atom stereocenters. The smallest absolute Gasteiger partial charge is 0.150 e. The van der Waals surface area contributed by atoms with Crippen molar-refractivity contribution in [3.8, 4) is 0 Å². The molecular formula is C18H24N6S. The topological polar surface area (TPSA) is 58.9 Å². The van der Waals surface area contributed by atoms with E-state index in [4.69, 9.17) is 0 Å². The minimum atomic E-state index is 0.451. The van der Waals surface area contributed by atoms with Gasteiger partial charge in [0.1, 0.15) is 18.0 Å². The molecule has 1 fully saturated rings. The van der Waals surface area contributed by atoms with E-state index in [1.807, 2.05) is 6.20 Å². The summed E-state index contributed by atoms with van der Waals surface area (Å²) in [6.07, 6.45) is 7.88. The van der Waals surface area contributed by atoms with Crippen LogP contribution in [-0.4, -0.2) is 38.7 Å². The summed E-state index contributed by atoms with van der Waals surface area (Å²) in [5.74, 6) is 2.21. The molecular weight excluding hydrogens is 332 g/mol. The highest BCUT2D eigenvalue weighted by Crippen LogP contribution is 2.29. The van der Waals surface area contributed by atoms with E-state index in [-0.39, 0.29) is 0 Å². The molecule has 1 saturated heterocycles. The maximum absolute atomic E-state index is 4.54. The van der Waals surface area contributed by atoms with Crippen LogP contribution in [0.5, 0.6) is 0 Å². The Kier molecular flexibility index (Phi) is 4.67. The average Bonchev–Trinajstić information content (AvgIpc) is 3.29. The molecule has 0 bridgehead atoms. The fourth-order valence-electron chi connectivity index (χ4n) is 3.48. The Morgan fingerprint density at radius 2 is 2.08 bits per heavy atom. The molecule has 1 N–H and O–H groups in total. The molecule has 0 spiro atoms. The average molecular weight is 356 g/mol. The van der Waals surface area contributed by atoms with Gasteiger partial charge in [-0.15, -0.1) is 11.3 Å². The molecule has 25 heavy (non-hydrogen) atoms. The van der Waals surface area contributed by atoms with Crippen LogP contribution in [0.1, 0.15) is 38.6 Å². The molecule has 4 rings (SSSR count). The number of hydrogen-bond acceptors (Lipinski definition) is 6. The molecule has 1 aliphatic heterocycles. The summed E-state index contributed by atoms with van der Waals surface area (Å²) in [6.45, 7) is 7.27. The van der Waals surface area contributed by atoms with Gasteiger partial charge in [0.15, 0.2) is 0 Å². The van der Waals surface area contributed by atoms with Crippen molar-refractivity contribution in [1.29, 1.82) is 0 Å². The van der Waals surface area contributed by atoms with Gasteiger partial charge in [0.25, 0.3) is 0 Å². The van der Waals surface area contributed by atoms with Gasteiger partial charge in [0, 0.05) is 37.6 Å². The maximum Gasteiger partial charge on any atom is 0.150 e. The number of rotatable bonds is 5. The van der Waals surface area contributed by atoms with Crippen molar-refractivity contribution in [2.24, 2.45) is 0 Å². The van der Waals surface area contributed by atoms with Crippen molar-refractivity contribution in [2.75, 3.05) is 18.0 Å². The summed E-state index contributed by atoms with van der Waals surface area (Å²) in [5, 5.41) is 5.77. The summed E-state index contributed by atoms with van der Waals surface area (Å²) < 4.78 is 3.43. The summed E-state index contributed by atoms with van der Waals surface area (Å²) in [5.41, 5.74) is 1.05. The fraction of sp³-hybridized carbons (Fsp3) is 0.500. The number of anilines is 1. The van der Waals surface area contributed by atoms with Crippen molar-refractivity contribution in [3.63, 3.8) is 0 Å². The Balaban J connectivity index is 1.35. The predicted molar refractivity (Wildman–Crippen MR) is 102 cm³/mol. The third-order valence-electron chi connectivity index (χ3n) is 4.87. The number of fused-ring (bicyclic) bond motifs is 1. The highest BCUT2D eigenvalue weighted by molar-refractivity contribution is 7.17. The zero-order chi connectivity index (χ0) is 17.2. The van der Waals surface area contributed by atoms with Gasteiger partial charge >= 0.3 is 0 Å². The maximum atomic E-state index is 4.54. The van der Waals surface area contributed by atoms with Gasteiger partial charge in [-0.05, 0) is 38.1 Å². The van der Waals surface area contributed by atoms with E-state index in [1.165, 1.54) is 4.70 Å². The van der Waals surface area contributed by atoms with E-state index in [2.05, 4.69) is 61.2 Å². The van der Waals surface area contributed by atoms with E-state index in [9.17, 15) is 0 Å². The van der Waals surface area contributed by atoms with Crippen LogP contribution in [0.15, 0.2) is 30.2 Å². The van der Waals surface area contributed by atoms with Crippen LogP contribution in [0.3, 0.4) is 0 Å². The Bertz CT molecular complexity index is 831. The SMILES string of the molecule is CC(C)n1ccnc1CNC1CCN(c2ncnc3ccsc23)CC1. The lowest BCUT2D eigenvalue weighted by atomic mass is 10.1. The second-order valence-electron chi connectivity index (χ2n) is 6.82. The molecule has 7 heteroatoms. The van der Waals surface area contributed by atoms with Crippen LogP contribution in [0.2, 0.25) is 0 Å². The van der Waals surface area contributed by atoms with Crippen LogP contribution in [0.25, 0.3) is 10.2 Å². The molecule has 0 radical (unpaired) electrons. The summed E-state index contributed by atoms with van der Waals surface area (Å²) in [7, 11) is 0. The van der Waals surface area contributed by atoms with E-state index in [0.717, 1.165) is 49.6 Å². The minimum Gasteiger partial charge on any atom is -0.355 e. The lowest BCUT2D eigenvalue weighted by molar-refractivity contribution is 0.402. The Labute approximate surface area is 151 Å². The van der Waals surface area contributed by atoms with Crippen LogP contribution >= 0.6 is 11.3 Å². The largest absolute Gasteiger partial charge is 0.355 e. The quantitative estimate of drug-likeness (QED) is 0.761. The summed E-state index contributed by atoms with van der Waals surface area (Å²) in [6, 6.07) is 3.05. The van der Waals surface area contributed by atoms with Crippen molar-refractivity contribution in [1.82, 2.24) is 24.8 Å². The standard InChI is InChI=1S/C18H24N6S/c1-13(2)24-9-6-19-16(24)11-20-14-3-7-23(8-4-14)18-17-15(5-10-25-17)21-12-22-18/h5-6,9-10,12-14,20H,3-4,7-8,11H2,1-2H3. The van der Waals surface area contributed by atoms with Gasteiger partial charge in [-0.3, -0.25) is 0 Å². The van der Waals surface area contributed by atoms with Crippen molar-refractivity contribution in [2.45, 2.75) is 45.3 Å². The number of thiophene rings is 1. The van der Waals surface area contributed by atoms with Crippen LogP contribution in [-0.2, 0) is 6.54 Å². The number of nitrogens with one attached hydrogen (secondary N) is 1. The first-order valence-corrected chi connectivity index (χ1v) is 9.78. The highest BCUT2D eigenvalue weighted by Gasteiger charge is 2.22. The number of hydrogen-bond donors (Lipinski definition) is 1. The Hall–Kier alpha value is -1.99. The lowest BCUT2D eigenvalue weighted by Crippen LogP contribution is -2.42. The summed E-state index contributed by atoms with van der Waals surface area (Å²) >= 11 is 1.73. The number of imidazole rings is 1. The van der Waals surface area contributed by atoms with Gasteiger partial charge < -0.3 is 14.8 Å². The van der Waals surface area contributed by atoms with Crippen LogP contribution < -0.4 is 10.2 Å². The van der Waals surface area contributed by atoms with Gasteiger partial charge in [-0.25, -0.2) is 15.0 Å². The summed E-state index contributed by atoms with van der Waals surface area (Å²) in [4.78, 5) is 15.8. The van der Waals surface area contributed by atoms with E-state index in [0.29, 0.717) is 12.1 Å². The molecule has 0 aliphatic carbocycles. The molecule has 6 nitrogen and oxygen atoms in total. The van der Waals surface area contributed by atoms with Crippen LogP contribution in [0, 0.1) is 0 Å². The molecule has 0 amide bonds. The second kappa shape index (κ2) is 7.09. The number of aromatic nitrogens is 4. The molecule has 4 heterocycles. The molecule has 0 saturated carbocycles. The monoisotopic (exact) mass is 356 g/mol. The molecule has 3 aromatic rings. The first-order valence-electron chi connectivity index (χ1n) is 8.90. The van der Waals surface area contributed by atoms with Gasteiger partial charge in [-0.2, -0.15) is 0 Å².